The highest BCUT2D eigenvalue weighted by molar-refractivity contribution is 7.99. The Balaban J connectivity index is 2.25. The van der Waals surface area contributed by atoms with Crippen molar-refractivity contribution in [2.24, 2.45) is 5.73 Å². The molecule has 0 aliphatic rings. The maximum absolute atomic E-state index is 11.5. The number of carbonyl (C=O) groups is 1. The Kier molecular flexibility index (Phi) is 4.44. The van der Waals surface area contributed by atoms with Gasteiger partial charge in [-0.05, 0) is 12.5 Å². The van der Waals surface area contributed by atoms with Gasteiger partial charge in [-0.15, -0.1) is 0 Å². The van der Waals surface area contributed by atoms with E-state index in [1.165, 1.54) is 6.07 Å². The molecule has 0 aliphatic carbocycles. The van der Waals surface area contributed by atoms with Crippen molar-refractivity contribution in [2.75, 3.05) is 5.75 Å². The van der Waals surface area contributed by atoms with Gasteiger partial charge < -0.3 is 15.8 Å². The molecule has 7 heteroatoms. The maximum atomic E-state index is 11.5. The van der Waals surface area contributed by atoms with E-state index in [0.717, 1.165) is 11.8 Å². The summed E-state index contributed by atoms with van der Waals surface area (Å²) in [5, 5.41) is 9.80. The van der Waals surface area contributed by atoms with Crippen LogP contribution >= 0.6 is 11.8 Å². The minimum absolute atomic E-state index is 0.0543. The van der Waals surface area contributed by atoms with Crippen molar-refractivity contribution in [3.05, 3.63) is 58.0 Å². The number of rotatable bonds is 5. The van der Waals surface area contributed by atoms with Crippen LogP contribution in [0, 0.1) is 6.92 Å². The zero-order valence-electron chi connectivity index (χ0n) is 11.4. The third-order valence-corrected chi connectivity index (χ3v) is 4.02. The highest BCUT2D eigenvalue weighted by atomic mass is 32.2. The van der Waals surface area contributed by atoms with Crippen molar-refractivity contribution in [2.45, 2.75) is 17.6 Å². The van der Waals surface area contributed by atoms with Gasteiger partial charge in [0.25, 0.3) is 5.56 Å². The number of hydrogen-bond acceptors (Lipinski definition) is 5. The van der Waals surface area contributed by atoms with Crippen molar-refractivity contribution in [1.82, 2.24) is 9.97 Å². The van der Waals surface area contributed by atoms with Crippen molar-refractivity contribution < 1.29 is 9.90 Å². The molecule has 0 radical (unpaired) electrons. The molecule has 0 fully saturated rings. The molecule has 110 valence electrons. The number of benzene rings is 1. The van der Waals surface area contributed by atoms with E-state index in [2.05, 4.69) is 9.97 Å². The summed E-state index contributed by atoms with van der Waals surface area (Å²) in [6.07, 6.45) is 0. The van der Waals surface area contributed by atoms with Crippen LogP contribution in [0.5, 0.6) is 0 Å². The lowest BCUT2D eigenvalue weighted by Crippen LogP contribution is -2.47. The van der Waals surface area contributed by atoms with Crippen LogP contribution in [-0.2, 0) is 10.3 Å². The Morgan fingerprint density at radius 3 is 2.67 bits per heavy atom. The van der Waals surface area contributed by atoms with Crippen molar-refractivity contribution >= 4 is 17.7 Å². The SMILES string of the molecule is Cc1cc(=O)[nH]c(SCC(N)(C(=O)O)c2ccccc2)n1. The van der Waals surface area contributed by atoms with Crippen LogP contribution in [0.25, 0.3) is 0 Å². The lowest BCUT2D eigenvalue weighted by Gasteiger charge is -2.24. The largest absolute Gasteiger partial charge is 0.480 e. The van der Waals surface area contributed by atoms with E-state index >= 15 is 0 Å². The molecule has 0 saturated carbocycles. The van der Waals surface area contributed by atoms with Gasteiger partial charge in [0.2, 0.25) is 0 Å². The molecule has 1 aromatic carbocycles. The lowest BCUT2D eigenvalue weighted by atomic mass is 9.93. The molecule has 0 spiro atoms. The second-order valence-electron chi connectivity index (χ2n) is 4.62. The Morgan fingerprint density at radius 2 is 2.10 bits per heavy atom. The van der Waals surface area contributed by atoms with Crippen LogP contribution in [0.3, 0.4) is 0 Å². The zero-order chi connectivity index (χ0) is 15.5. The zero-order valence-corrected chi connectivity index (χ0v) is 12.2. The number of carboxylic acid groups (broad SMARTS) is 1. The predicted molar refractivity (Wildman–Crippen MR) is 80.3 cm³/mol. The number of carboxylic acids is 1. The molecular weight excluding hydrogens is 290 g/mol. The van der Waals surface area contributed by atoms with Crippen LogP contribution in [0.4, 0.5) is 0 Å². The molecule has 0 saturated heterocycles. The van der Waals surface area contributed by atoms with Gasteiger partial charge in [-0.2, -0.15) is 0 Å². The summed E-state index contributed by atoms with van der Waals surface area (Å²) in [6.45, 7) is 1.70. The van der Waals surface area contributed by atoms with Gasteiger partial charge in [0.05, 0.1) is 0 Å². The number of nitrogens with one attached hydrogen (secondary N) is 1. The molecule has 0 bridgehead atoms. The first-order valence-corrected chi connectivity index (χ1v) is 7.19. The topological polar surface area (TPSA) is 109 Å². The molecule has 1 aromatic heterocycles. The average molecular weight is 305 g/mol. The summed E-state index contributed by atoms with van der Waals surface area (Å²) < 4.78 is 0. The summed E-state index contributed by atoms with van der Waals surface area (Å²) in [5.74, 6) is -1.07. The van der Waals surface area contributed by atoms with Gasteiger partial charge in [-0.1, -0.05) is 42.1 Å². The van der Waals surface area contributed by atoms with Gasteiger partial charge in [-0.3, -0.25) is 4.79 Å². The van der Waals surface area contributed by atoms with Crippen molar-refractivity contribution in [1.29, 1.82) is 0 Å². The molecule has 0 aliphatic heterocycles. The van der Waals surface area contributed by atoms with Crippen LogP contribution in [0.1, 0.15) is 11.3 Å². The van der Waals surface area contributed by atoms with Crippen LogP contribution in [-0.4, -0.2) is 26.8 Å². The Labute approximate surface area is 125 Å². The summed E-state index contributed by atoms with van der Waals surface area (Å²) >= 11 is 1.11. The third-order valence-electron chi connectivity index (χ3n) is 2.96. The molecule has 2 rings (SSSR count). The normalized spacial score (nSPS) is 13.6. The summed E-state index contributed by atoms with van der Waals surface area (Å²) in [7, 11) is 0. The highest BCUT2D eigenvalue weighted by Gasteiger charge is 2.36. The van der Waals surface area contributed by atoms with Crippen LogP contribution in [0.15, 0.2) is 46.3 Å². The first-order chi connectivity index (χ1) is 9.91. The number of aliphatic carboxylic acids is 1. The predicted octanol–water partition coefficient (Wildman–Crippen LogP) is 1.11. The van der Waals surface area contributed by atoms with E-state index in [0.29, 0.717) is 16.4 Å². The van der Waals surface area contributed by atoms with E-state index in [1.54, 1.807) is 37.3 Å². The number of aromatic amines is 1. The summed E-state index contributed by atoms with van der Waals surface area (Å²) in [4.78, 5) is 29.6. The van der Waals surface area contributed by atoms with Crippen molar-refractivity contribution in [3.63, 3.8) is 0 Å². The number of hydrogen-bond donors (Lipinski definition) is 3. The van der Waals surface area contributed by atoms with Gasteiger partial charge >= 0.3 is 5.97 Å². The van der Waals surface area contributed by atoms with Gasteiger partial charge in [0, 0.05) is 17.5 Å². The fraction of sp³-hybridized carbons (Fsp3) is 0.214. The van der Waals surface area contributed by atoms with Crippen LogP contribution in [0.2, 0.25) is 0 Å². The molecule has 6 nitrogen and oxygen atoms in total. The summed E-state index contributed by atoms with van der Waals surface area (Å²) in [5.41, 5.74) is 5.29. The fourth-order valence-electron chi connectivity index (χ4n) is 1.81. The van der Waals surface area contributed by atoms with E-state index in [9.17, 15) is 14.7 Å². The molecule has 1 unspecified atom stereocenters. The number of H-pyrrole nitrogens is 1. The smallest absolute Gasteiger partial charge is 0.329 e. The number of nitrogens with two attached hydrogens (primary N) is 1. The monoisotopic (exact) mass is 305 g/mol. The average Bonchev–Trinajstić information content (AvgIpc) is 2.44. The molecular formula is C14H15N3O3S. The third kappa shape index (κ3) is 3.50. The number of aromatic nitrogens is 2. The molecule has 4 N–H and O–H groups in total. The Bertz CT molecular complexity index is 702. The summed E-state index contributed by atoms with van der Waals surface area (Å²) in [6, 6.07) is 9.96. The van der Waals surface area contributed by atoms with Gasteiger partial charge in [0.15, 0.2) is 5.16 Å². The second kappa shape index (κ2) is 6.11. The molecule has 1 heterocycles. The van der Waals surface area contributed by atoms with E-state index in [4.69, 9.17) is 5.73 Å². The molecule has 0 amide bonds. The standard InChI is InChI=1S/C14H15N3O3S/c1-9-7-11(18)17-13(16-9)21-8-14(15,12(19)20)10-5-3-2-4-6-10/h2-7H,8,15H2,1H3,(H,19,20)(H,16,17,18). The first-order valence-electron chi connectivity index (χ1n) is 6.20. The van der Waals surface area contributed by atoms with E-state index in [-0.39, 0.29) is 11.3 Å². The van der Waals surface area contributed by atoms with Crippen molar-refractivity contribution in [3.8, 4) is 0 Å². The number of aryl methyl sites for hydroxylation is 1. The lowest BCUT2D eigenvalue weighted by molar-refractivity contribution is -0.142. The maximum Gasteiger partial charge on any atom is 0.329 e. The molecule has 1 atom stereocenters. The van der Waals surface area contributed by atoms with Crippen LogP contribution < -0.4 is 11.3 Å². The quantitative estimate of drug-likeness (QED) is 0.564. The Hall–Kier alpha value is -2.12. The van der Waals surface area contributed by atoms with Gasteiger partial charge in [0.1, 0.15) is 5.54 Å². The number of nitrogens with zero attached hydrogens (tertiary/aromatic N) is 1. The molecule has 21 heavy (non-hydrogen) atoms. The highest BCUT2D eigenvalue weighted by Crippen LogP contribution is 2.26. The number of thioether (sulfide) groups is 1. The first kappa shape index (κ1) is 15.3. The fourth-order valence-corrected chi connectivity index (χ4v) is 2.84. The Morgan fingerprint density at radius 1 is 1.43 bits per heavy atom. The minimum Gasteiger partial charge on any atom is -0.480 e. The minimum atomic E-state index is -1.55. The van der Waals surface area contributed by atoms with E-state index < -0.39 is 11.5 Å². The second-order valence-corrected chi connectivity index (χ2v) is 5.59. The van der Waals surface area contributed by atoms with E-state index in [1.807, 2.05) is 0 Å². The molecule has 2 aromatic rings. The van der Waals surface area contributed by atoms with Gasteiger partial charge in [-0.25, -0.2) is 9.78 Å².